The maximum atomic E-state index is 12.5. The molecule has 0 N–H and O–H groups in total. The maximum Gasteiger partial charge on any atom is 0.257 e. The molecular weight excluding hydrogens is 268 g/mol. The molecule has 0 bridgehead atoms. The molecule has 1 spiro atoms. The SMILES string of the molecule is CCN1CC2(CCN(C(=O)c3ccoc3C)CC2)CC1=O. The fourth-order valence-electron chi connectivity index (χ4n) is 3.57. The summed E-state index contributed by atoms with van der Waals surface area (Å²) in [6.07, 6.45) is 4.03. The van der Waals surface area contributed by atoms with Crippen LogP contribution in [0.1, 0.15) is 42.3 Å². The van der Waals surface area contributed by atoms with Crippen molar-refractivity contribution in [3.63, 3.8) is 0 Å². The van der Waals surface area contributed by atoms with Gasteiger partial charge in [-0.3, -0.25) is 9.59 Å². The van der Waals surface area contributed by atoms with E-state index in [1.165, 1.54) is 0 Å². The molecule has 2 aliphatic heterocycles. The van der Waals surface area contributed by atoms with Crippen LogP contribution in [-0.4, -0.2) is 47.8 Å². The highest BCUT2D eigenvalue weighted by molar-refractivity contribution is 5.95. The summed E-state index contributed by atoms with van der Waals surface area (Å²) in [5.41, 5.74) is 0.749. The van der Waals surface area contributed by atoms with E-state index in [1.807, 2.05) is 23.6 Å². The Morgan fingerprint density at radius 1 is 1.38 bits per heavy atom. The molecule has 0 aliphatic carbocycles. The first-order valence-corrected chi connectivity index (χ1v) is 7.66. The van der Waals surface area contributed by atoms with E-state index in [0.717, 1.165) is 39.0 Å². The zero-order valence-electron chi connectivity index (χ0n) is 12.7. The molecule has 2 saturated heterocycles. The van der Waals surface area contributed by atoms with Crippen molar-refractivity contribution in [2.24, 2.45) is 5.41 Å². The Hall–Kier alpha value is -1.78. The molecule has 5 nitrogen and oxygen atoms in total. The lowest BCUT2D eigenvalue weighted by Gasteiger charge is -2.38. The first kappa shape index (κ1) is 14.2. The number of nitrogens with zero attached hydrogens (tertiary/aromatic N) is 2. The van der Waals surface area contributed by atoms with Gasteiger partial charge in [0.1, 0.15) is 5.76 Å². The summed E-state index contributed by atoms with van der Waals surface area (Å²) in [5.74, 6) is 0.990. The van der Waals surface area contributed by atoms with Crippen molar-refractivity contribution < 1.29 is 14.0 Å². The van der Waals surface area contributed by atoms with Crippen molar-refractivity contribution in [1.82, 2.24) is 9.80 Å². The zero-order valence-corrected chi connectivity index (χ0v) is 12.7. The number of carbonyl (C=O) groups excluding carboxylic acids is 2. The Bertz CT molecular complexity index is 556. The van der Waals surface area contributed by atoms with Crippen LogP contribution in [0.2, 0.25) is 0 Å². The third-order valence-electron chi connectivity index (χ3n) is 4.99. The summed E-state index contributed by atoms with van der Waals surface area (Å²) < 4.78 is 5.21. The van der Waals surface area contributed by atoms with Gasteiger partial charge in [0.25, 0.3) is 5.91 Å². The molecule has 2 aliphatic rings. The van der Waals surface area contributed by atoms with Crippen LogP contribution in [0.5, 0.6) is 0 Å². The van der Waals surface area contributed by atoms with Crippen molar-refractivity contribution in [3.8, 4) is 0 Å². The number of furan rings is 1. The van der Waals surface area contributed by atoms with E-state index in [0.29, 0.717) is 17.7 Å². The molecule has 0 unspecified atom stereocenters. The van der Waals surface area contributed by atoms with Gasteiger partial charge in [0.05, 0.1) is 11.8 Å². The summed E-state index contributed by atoms with van der Waals surface area (Å²) in [7, 11) is 0. The lowest BCUT2D eigenvalue weighted by Crippen LogP contribution is -2.44. The van der Waals surface area contributed by atoms with Gasteiger partial charge in [0.15, 0.2) is 0 Å². The molecule has 0 saturated carbocycles. The molecule has 114 valence electrons. The van der Waals surface area contributed by atoms with Gasteiger partial charge in [-0.15, -0.1) is 0 Å². The summed E-state index contributed by atoms with van der Waals surface area (Å²) in [6, 6.07) is 1.74. The van der Waals surface area contributed by atoms with Gasteiger partial charge in [0.2, 0.25) is 5.91 Å². The monoisotopic (exact) mass is 290 g/mol. The second-order valence-electron chi connectivity index (χ2n) is 6.27. The van der Waals surface area contributed by atoms with E-state index >= 15 is 0 Å². The number of carbonyl (C=O) groups is 2. The molecule has 5 heteroatoms. The quantitative estimate of drug-likeness (QED) is 0.838. The predicted octanol–water partition coefficient (Wildman–Crippen LogP) is 2.06. The highest BCUT2D eigenvalue weighted by Crippen LogP contribution is 2.41. The predicted molar refractivity (Wildman–Crippen MR) is 77.9 cm³/mol. The average Bonchev–Trinajstić information content (AvgIpc) is 3.03. The molecule has 3 heterocycles. The summed E-state index contributed by atoms with van der Waals surface area (Å²) in [4.78, 5) is 28.3. The van der Waals surface area contributed by atoms with E-state index in [9.17, 15) is 9.59 Å². The Labute approximate surface area is 124 Å². The summed E-state index contributed by atoms with van der Waals surface area (Å²) >= 11 is 0. The van der Waals surface area contributed by atoms with Crippen molar-refractivity contribution >= 4 is 11.8 Å². The molecule has 2 amide bonds. The largest absolute Gasteiger partial charge is 0.469 e. The molecule has 1 aromatic rings. The fraction of sp³-hybridized carbons (Fsp3) is 0.625. The molecule has 3 rings (SSSR count). The number of rotatable bonds is 2. The van der Waals surface area contributed by atoms with E-state index in [2.05, 4.69) is 0 Å². The van der Waals surface area contributed by atoms with Gasteiger partial charge in [-0.05, 0) is 32.8 Å². The van der Waals surface area contributed by atoms with Crippen LogP contribution in [0, 0.1) is 12.3 Å². The van der Waals surface area contributed by atoms with Crippen LogP contribution in [0.25, 0.3) is 0 Å². The average molecular weight is 290 g/mol. The number of piperidine rings is 1. The van der Waals surface area contributed by atoms with E-state index in [1.54, 1.807) is 12.3 Å². The minimum Gasteiger partial charge on any atom is -0.469 e. The second-order valence-corrected chi connectivity index (χ2v) is 6.27. The third-order valence-corrected chi connectivity index (χ3v) is 4.99. The van der Waals surface area contributed by atoms with Crippen LogP contribution in [-0.2, 0) is 4.79 Å². The van der Waals surface area contributed by atoms with Gasteiger partial charge in [0, 0.05) is 38.0 Å². The minimum absolute atomic E-state index is 0.0489. The molecular formula is C16H22N2O3. The Balaban J connectivity index is 1.65. The number of hydrogen-bond acceptors (Lipinski definition) is 3. The van der Waals surface area contributed by atoms with Crippen LogP contribution < -0.4 is 0 Å². The Morgan fingerprint density at radius 3 is 2.62 bits per heavy atom. The number of amides is 2. The van der Waals surface area contributed by atoms with E-state index in [-0.39, 0.29) is 17.2 Å². The van der Waals surface area contributed by atoms with E-state index in [4.69, 9.17) is 4.42 Å². The van der Waals surface area contributed by atoms with Gasteiger partial charge in [-0.25, -0.2) is 0 Å². The van der Waals surface area contributed by atoms with Crippen LogP contribution in [0.3, 0.4) is 0 Å². The van der Waals surface area contributed by atoms with Crippen molar-refractivity contribution in [2.45, 2.75) is 33.1 Å². The number of likely N-dealkylation sites (tertiary alicyclic amines) is 2. The highest BCUT2D eigenvalue weighted by Gasteiger charge is 2.45. The van der Waals surface area contributed by atoms with Crippen molar-refractivity contribution in [1.29, 1.82) is 0 Å². The van der Waals surface area contributed by atoms with Gasteiger partial charge >= 0.3 is 0 Å². The minimum atomic E-state index is 0.0489. The van der Waals surface area contributed by atoms with Crippen molar-refractivity contribution in [2.75, 3.05) is 26.2 Å². The topological polar surface area (TPSA) is 53.8 Å². The van der Waals surface area contributed by atoms with Crippen LogP contribution >= 0.6 is 0 Å². The zero-order chi connectivity index (χ0) is 15.0. The van der Waals surface area contributed by atoms with Gasteiger partial charge in [-0.2, -0.15) is 0 Å². The van der Waals surface area contributed by atoms with E-state index < -0.39 is 0 Å². The fourth-order valence-corrected chi connectivity index (χ4v) is 3.57. The lowest BCUT2D eigenvalue weighted by molar-refractivity contribution is -0.127. The molecule has 1 aromatic heterocycles. The standard InChI is InChI=1S/C16H22N2O3/c1-3-17-11-16(10-14(17)19)5-7-18(8-6-16)15(20)13-4-9-21-12(13)2/h4,9H,3,5-8,10-11H2,1-2H3. The Morgan fingerprint density at radius 2 is 2.10 bits per heavy atom. The maximum absolute atomic E-state index is 12.5. The third kappa shape index (κ3) is 2.45. The highest BCUT2D eigenvalue weighted by atomic mass is 16.3. The van der Waals surface area contributed by atoms with Crippen LogP contribution in [0.4, 0.5) is 0 Å². The summed E-state index contributed by atoms with van der Waals surface area (Å²) in [6.45, 7) is 6.94. The smallest absolute Gasteiger partial charge is 0.257 e. The molecule has 21 heavy (non-hydrogen) atoms. The Kier molecular flexibility index (Phi) is 3.51. The molecule has 2 fully saturated rings. The van der Waals surface area contributed by atoms with Gasteiger partial charge in [-0.1, -0.05) is 0 Å². The molecule has 0 aromatic carbocycles. The van der Waals surface area contributed by atoms with Crippen molar-refractivity contribution in [3.05, 3.63) is 23.7 Å². The van der Waals surface area contributed by atoms with Crippen LogP contribution in [0.15, 0.2) is 16.7 Å². The summed E-state index contributed by atoms with van der Waals surface area (Å²) in [5, 5.41) is 0. The normalized spacial score (nSPS) is 21.3. The number of hydrogen-bond donors (Lipinski definition) is 0. The number of aryl methyl sites for hydroxylation is 1. The lowest BCUT2D eigenvalue weighted by atomic mass is 9.77. The molecule has 0 atom stereocenters. The second kappa shape index (κ2) is 5.20. The first-order valence-electron chi connectivity index (χ1n) is 7.66. The molecule has 0 radical (unpaired) electrons. The first-order chi connectivity index (χ1) is 10.0. The van der Waals surface area contributed by atoms with Gasteiger partial charge < -0.3 is 14.2 Å².